The summed E-state index contributed by atoms with van der Waals surface area (Å²) in [7, 11) is 0. The molecule has 0 saturated carbocycles. The molecule has 0 aliphatic heterocycles. The molecule has 2 rings (SSSR count). The number of benzene rings is 2. The molecule has 19 heavy (non-hydrogen) atoms. The van der Waals surface area contributed by atoms with Crippen LogP contribution in [0.25, 0.3) is 0 Å². The van der Waals surface area contributed by atoms with Crippen LogP contribution in [0.4, 0.5) is 0 Å². The first-order chi connectivity index (χ1) is 9.20. The highest BCUT2D eigenvalue weighted by atomic mass is 35.5. The van der Waals surface area contributed by atoms with Crippen LogP contribution in [0, 0.1) is 0 Å². The van der Waals surface area contributed by atoms with E-state index in [1.165, 1.54) is 0 Å². The maximum absolute atomic E-state index is 6.10. The van der Waals surface area contributed by atoms with Crippen LogP contribution in [-0.4, -0.2) is 6.61 Å². The molecule has 100 valence electrons. The van der Waals surface area contributed by atoms with E-state index in [1.807, 2.05) is 37.3 Å². The molecule has 0 amide bonds. The second-order valence-corrected chi connectivity index (χ2v) is 4.75. The van der Waals surface area contributed by atoms with E-state index < -0.39 is 0 Å². The second kappa shape index (κ2) is 6.69. The van der Waals surface area contributed by atoms with Crippen molar-refractivity contribution in [2.24, 2.45) is 0 Å². The minimum atomic E-state index is 0.375. The predicted molar refractivity (Wildman–Crippen MR) is 78.4 cm³/mol. The van der Waals surface area contributed by atoms with E-state index in [0.717, 1.165) is 11.3 Å². The molecule has 2 aromatic rings. The molecule has 0 fully saturated rings. The average molecular weight is 297 g/mol. The quantitative estimate of drug-likeness (QED) is 0.775. The molecule has 0 unspecified atom stereocenters. The monoisotopic (exact) mass is 296 g/mol. The Morgan fingerprint density at radius 1 is 0.947 bits per heavy atom. The molecule has 0 bridgehead atoms. The van der Waals surface area contributed by atoms with E-state index >= 15 is 0 Å². The van der Waals surface area contributed by atoms with Crippen molar-refractivity contribution in [1.29, 1.82) is 0 Å². The molecule has 4 heteroatoms. The Kier molecular flexibility index (Phi) is 4.94. The van der Waals surface area contributed by atoms with Crippen molar-refractivity contribution in [2.75, 3.05) is 6.61 Å². The first-order valence-corrected chi connectivity index (χ1v) is 6.75. The number of hydrogen-bond donors (Lipinski definition) is 0. The van der Waals surface area contributed by atoms with Gasteiger partial charge in [0, 0.05) is 15.6 Å². The fourth-order valence-corrected chi connectivity index (χ4v) is 2.10. The first kappa shape index (κ1) is 14.0. The number of hydrogen-bond acceptors (Lipinski definition) is 2. The summed E-state index contributed by atoms with van der Waals surface area (Å²) in [5, 5.41) is 1.21. The Labute approximate surface area is 122 Å². The highest BCUT2D eigenvalue weighted by molar-refractivity contribution is 6.35. The van der Waals surface area contributed by atoms with Gasteiger partial charge in [0.15, 0.2) is 11.5 Å². The Bertz CT molecular complexity index is 556. The third-order valence-electron chi connectivity index (χ3n) is 2.55. The van der Waals surface area contributed by atoms with Crippen molar-refractivity contribution >= 4 is 23.2 Å². The van der Waals surface area contributed by atoms with Crippen LogP contribution in [0.2, 0.25) is 10.0 Å². The molecule has 0 spiro atoms. The highest BCUT2D eigenvalue weighted by Gasteiger charge is 2.06. The Morgan fingerprint density at radius 2 is 1.63 bits per heavy atom. The molecule has 0 heterocycles. The Hall–Kier alpha value is -1.38. The summed E-state index contributed by atoms with van der Waals surface area (Å²) < 4.78 is 11.2. The molecule has 0 aliphatic rings. The van der Waals surface area contributed by atoms with Crippen LogP contribution in [0.3, 0.4) is 0 Å². The minimum absolute atomic E-state index is 0.375. The van der Waals surface area contributed by atoms with Crippen molar-refractivity contribution in [3.8, 4) is 11.5 Å². The molecule has 0 aliphatic carbocycles. The van der Waals surface area contributed by atoms with Crippen LogP contribution < -0.4 is 9.47 Å². The van der Waals surface area contributed by atoms with Crippen LogP contribution in [-0.2, 0) is 6.61 Å². The SMILES string of the molecule is CCOc1ccccc1OCc1ccc(Cl)cc1Cl. The molecule has 0 N–H and O–H groups in total. The average Bonchev–Trinajstić information content (AvgIpc) is 2.40. The van der Waals surface area contributed by atoms with E-state index in [2.05, 4.69) is 0 Å². The van der Waals surface area contributed by atoms with Gasteiger partial charge in [-0.2, -0.15) is 0 Å². The van der Waals surface area contributed by atoms with Crippen LogP contribution >= 0.6 is 23.2 Å². The molecular weight excluding hydrogens is 283 g/mol. The first-order valence-electron chi connectivity index (χ1n) is 5.99. The summed E-state index contributed by atoms with van der Waals surface area (Å²) in [6, 6.07) is 12.9. The lowest BCUT2D eigenvalue weighted by Gasteiger charge is -2.12. The molecule has 2 nitrogen and oxygen atoms in total. The van der Waals surface area contributed by atoms with Gasteiger partial charge in [0.1, 0.15) is 6.61 Å². The summed E-state index contributed by atoms with van der Waals surface area (Å²) in [5.41, 5.74) is 0.886. The maximum atomic E-state index is 6.10. The van der Waals surface area contributed by atoms with Gasteiger partial charge >= 0.3 is 0 Å². The van der Waals surface area contributed by atoms with Crippen molar-refractivity contribution in [2.45, 2.75) is 13.5 Å². The van der Waals surface area contributed by atoms with Gasteiger partial charge in [0.2, 0.25) is 0 Å². The maximum Gasteiger partial charge on any atom is 0.161 e. The molecule has 2 aromatic carbocycles. The van der Waals surface area contributed by atoms with Crippen molar-refractivity contribution in [1.82, 2.24) is 0 Å². The van der Waals surface area contributed by atoms with Gasteiger partial charge in [-0.3, -0.25) is 0 Å². The Balaban J connectivity index is 2.10. The molecule has 0 aromatic heterocycles. The summed E-state index contributed by atoms with van der Waals surface area (Å²) >= 11 is 12.0. The number of halogens is 2. The van der Waals surface area contributed by atoms with Crippen LogP contribution in [0.15, 0.2) is 42.5 Å². The summed E-state index contributed by atoms with van der Waals surface area (Å²) in [4.78, 5) is 0. The van der Waals surface area contributed by atoms with Crippen LogP contribution in [0.1, 0.15) is 12.5 Å². The number of rotatable bonds is 5. The largest absolute Gasteiger partial charge is 0.490 e. The number of ether oxygens (including phenoxy) is 2. The zero-order valence-electron chi connectivity index (χ0n) is 10.5. The number of para-hydroxylation sites is 2. The van der Waals surface area contributed by atoms with Crippen molar-refractivity contribution < 1.29 is 9.47 Å². The summed E-state index contributed by atoms with van der Waals surface area (Å²) in [5.74, 6) is 1.44. The minimum Gasteiger partial charge on any atom is -0.490 e. The lowest BCUT2D eigenvalue weighted by atomic mass is 10.2. The molecule has 0 radical (unpaired) electrons. The van der Waals surface area contributed by atoms with Gasteiger partial charge in [-0.25, -0.2) is 0 Å². The fourth-order valence-electron chi connectivity index (χ4n) is 1.64. The highest BCUT2D eigenvalue weighted by Crippen LogP contribution is 2.28. The molecule has 0 atom stereocenters. The predicted octanol–water partition coefficient (Wildman–Crippen LogP) is 4.97. The lowest BCUT2D eigenvalue weighted by molar-refractivity contribution is 0.269. The summed E-state index contributed by atoms with van der Waals surface area (Å²) in [6.45, 7) is 2.91. The normalized spacial score (nSPS) is 10.3. The van der Waals surface area contributed by atoms with Gasteiger partial charge in [-0.15, -0.1) is 0 Å². The van der Waals surface area contributed by atoms with Gasteiger partial charge in [-0.1, -0.05) is 41.4 Å². The van der Waals surface area contributed by atoms with Crippen LogP contribution in [0.5, 0.6) is 11.5 Å². The smallest absolute Gasteiger partial charge is 0.161 e. The fraction of sp³-hybridized carbons (Fsp3) is 0.200. The third kappa shape index (κ3) is 3.79. The third-order valence-corrected chi connectivity index (χ3v) is 3.13. The van der Waals surface area contributed by atoms with Crippen molar-refractivity contribution in [3.05, 3.63) is 58.1 Å². The standard InChI is InChI=1S/C15H14Cl2O2/c1-2-18-14-5-3-4-6-15(14)19-10-11-7-8-12(16)9-13(11)17/h3-9H,2,10H2,1H3. The van der Waals surface area contributed by atoms with Gasteiger partial charge in [-0.05, 0) is 31.2 Å². The van der Waals surface area contributed by atoms with E-state index in [0.29, 0.717) is 29.0 Å². The lowest BCUT2D eigenvalue weighted by Crippen LogP contribution is -1.99. The van der Waals surface area contributed by atoms with Gasteiger partial charge < -0.3 is 9.47 Å². The van der Waals surface area contributed by atoms with E-state index in [-0.39, 0.29) is 0 Å². The van der Waals surface area contributed by atoms with E-state index in [1.54, 1.807) is 12.1 Å². The second-order valence-electron chi connectivity index (χ2n) is 3.90. The van der Waals surface area contributed by atoms with Gasteiger partial charge in [0.05, 0.1) is 6.61 Å². The molecular formula is C15H14Cl2O2. The van der Waals surface area contributed by atoms with E-state index in [4.69, 9.17) is 32.7 Å². The topological polar surface area (TPSA) is 18.5 Å². The zero-order valence-corrected chi connectivity index (χ0v) is 12.0. The van der Waals surface area contributed by atoms with Crippen molar-refractivity contribution in [3.63, 3.8) is 0 Å². The molecule has 0 saturated heterocycles. The van der Waals surface area contributed by atoms with E-state index in [9.17, 15) is 0 Å². The Morgan fingerprint density at radius 3 is 2.26 bits per heavy atom. The van der Waals surface area contributed by atoms with Gasteiger partial charge in [0.25, 0.3) is 0 Å². The summed E-state index contributed by atoms with van der Waals surface area (Å²) in [6.07, 6.45) is 0. The zero-order chi connectivity index (χ0) is 13.7.